The van der Waals surface area contributed by atoms with E-state index in [9.17, 15) is 13.2 Å². The first-order chi connectivity index (χ1) is 15.4. The van der Waals surface area contributed by atoms with E-state index in [1.807, 2.05) is 85.8 Å². The Morgan fingerprint density at radius 1 is 0.969 bits per heavy atom. The highest BCUT2D eigenvalue weighted by Gasteiger charge is 2.32. The molecule has 0 bridgehead atoms. The molecule has 32 heavy (non-hydrogen) atoms. The van der Waals surface area contributed by atoms with E-state index in [0.29, 0.717) is 19.4 Å². The molecule has 0 unspecified atom stereocenters. The van der Waals surface area contributed by atoms with Gasteiger partial charge in [-0.15, -0.1) is 0 Å². The standard InChI is InChI=1S/C26H28N2O3S/c1-20-10-5-6-13-23(20)19-32(30,31)28-17-9-14-22(18-28)26(29)27-25-16-8-7-15-24(25)21-11-3-2-4-12-21/h2-8,10-13,15-16,22H,9,14,17-19H2,1H3,(H,27,29)/t22-/m0/s1. The lowest BCUT2D eigenvalue weighted by Crippen LogP contribution is -2.44. The lowest BCUT2D eigenvalue weighted by Gasteiger charge is -2.31. The summed E-state index contributed by atoms with van der Waals surface area (Å²) >= 11 is 0. The predicted molar refractivity (Wildman–Crippen MR) is 129 cm³/mol. The molecule has 1 fully saturated rings. The van der Waals surface area contributed by atoms with Crippen molar-refractivity contribution in [2.75, 3.05) is 18.4 Å². The van der Waals surface area contributed by atoms with Crippen LogP contribution in [0.5, 0.6) is 0 Å². The van der Waals surface area contributed by atoms with Crippen molar-refractivity contribution >= 4 is 21.6 Å². The first-order valence-electron chi connectivity index (χ1n) is 10.9. The molecule has 166 valence electrons. The van der Waals surface area contributed by atoms with Crippen LogP contribution in [0.4, 0.5) is 5.69 Å². The predicted octanol–water partition coefficient (Wildman–Crippen LogP) is 4.84. The molecule has 0 aliphatic carbocycles. The highest BCUT2D eigenvalue weighted by Crippen LogP contribution is 2.29. The zero-order chi connectivity index (χ0) is 22.6. The second kappa shape index (κ2) is 9.67. The average Bonchev–Trinajstić information content (AvgIpc) is 2.81. The van der Waals surface area contributed by atoms with Crippen molar-refractivity contribution < 1.29 is 13.2 Å². The Hall–Kier alpha value is -2.96. The average molecular weight is 449 g/mol. The van der Waals surface area contributed by atoms with Gasteiger partial charge in [0, 0.05) is 24.3 Å². The Morgan fingerprint density at radius 3 is 2.44 bits per heavy atom. The largest absolute Gasteiger partial charge is 0.325 e. The molecule has 0 aromatic heterocycles. The number of anilines is 1. The normalized spacial score (nSPS) is 17.1. The van der Waals surface area contributed by atoms with Crippen LogP contribution in [-0.4, -0.2) is 31.7 Å². The molecule has 4 rings (SSSR count). The summed E-state index contributed by atoms with van der Waals surface area (Å²) in [6.07, 6.45) is 1.35. The smallest absolute Gasteiger partial charge is 0.228 e. The van der Waals surface area contributed by atoms with E-state index in [0.717, 1.165) is 27.9 Å². The second-order valence-electron chi connectivity index (χ2n) is 8.28. The fraction of sp³-hybridized carbons (Fsp3) is 0.269. The van der Waals surface area contributed by atoms with E-state index in [1.165, 1.54) is 4.31 Å². The molecule has 1 amide bonds. The van der Waals surface area contributed by atoms with Gasteiger partial charge in [0.1, 0.15) is 0 Å². The zero-order valence-corrected chi connectivity index (χ0v) is 19.0. The number of para-hydroxylation sites is 1. The van der Waals surface area contributed by atoms with Crippen molar-refractivity contribution in [1.82, 2.24) is 4.31 Å². The Morgan fingerprint density at radius 2 is 1.66 bits per heavy atom. The molecule has 3 aromatic carbocycles. The fourth-order valence-corrected chi connectivity index (χ4v) is 5.88. The maximum Gasteiger partial charge on any atom is 0.228 e. The number of benzene rings is 3. The van der Waals surface area contributed by atoms with E-state index in [1.54, 1.807) is 0 Å². The van der Waals surface area contributed by atoms with E-state index >= 15 is 0 Å². The van der Waals surface area contributed by atoms with Gasteiger partial charge in [0.2, 0.25) is 15.9 Å². The molecule has 1 aliphatic rings. The fourth-order valence-electron chi connectivity index (χ4n) is 4.17. The maximum atomic E-state index is 13.1. The van der Waals surface area contributed by atoms with Gasteiger partial charge in [0.05, 0.1) is 11.7 Å². The van der Waals surface area contributed by atoms with E-state index in [-0.39, 0.29) is 24.1 Å². The minimum absolute atomic E-state index is 0.0369. The van der Waals surface area contributed by atoms with E-state index < -0.39 is 10.0 Å². The highest BCUT2D eigenvalue weighted by atomic mass is 32.2. The molecule has 1 N–H and O–H groups in total. The summed E-state index contributed by atoms with van der Waals surface area (Å²) in [7, 11) is -3.50. The molecule has 0 radical (unpaired) electrons. The van der Waals surface area contributed by atoms with Crippen molar-refractivity contribution in [3.05, 3.63) is 90.0 Å². The quantitative estimate of drug-likeness (QED) is 0.587. The van der Waals surface area contributed by atoms with Crippen LogP contribution in [0.25, 0.3) is 11.1 Å². The monoisotopic (exact) mass is 448 g/mol. The maximum absolute atomic E-state index is 13.1. The molecule has 6 heteroatoms. The Balaban J connectivity index is 1.47. The molecule has 1 aliphatic heterocycles. The summed E-state index contributed by atoms with van der Waals surface area (Å²) in [6.45, 7) is 2.59. The third-order valence-electron chi connectivity index (χ3n) is 6.02. The van der Waals surface area contributed by atoms with Crippen molar-refractivity contribution in [3.8, 4) is 11.1 Å². The molecular formula is C26H28N2O3S. The summed E-state index contributed by atoms with van der Waals surface area (Å²) in [5.41, 5.74) is 4.47. The van der Waals surface area contributed by atoms with Gasteiger partial charge in [-0.3, -0.25) is 4.79 Å². The van der Waals surface area contributed by atoms with Crippen LogP contribution in [0.3, 0.4) is 0 Å². The lowest BCUT2D eigenvalue weighted by molar-refractivity contribution is -0.120. The second-order valence-corrected chi connectivity index (χ2v) is 10.2. The van der Waals surface area contributed by atoms with Crippen LogP contribution in [0.15, 0.2) is 78.9 Å². The van der Waals surface area contributed by atoms with Gasteiger partial charge < -0.3 is 5.32 Å². The Bertz CT molecular complexity index is 1190. The van der Waals surface area contributed by atoms with Crippen molar-refractivity contribution in [2.45, 2.75) is 25.5 Å². The molecule has 0 spiro atoms. The molecule has 0 saturated carbocycles. The molecule has 1 saturated heterocycles. The van der Waals surface area contributed by atoms with Crippen LogP contribution in [0.1, 0.15) is 24.0 Å². The van der Waals surface area contributed by atoms with Gasteiger partial charge in [0.15, 0.2) is 0 Å². The minimum Gasteiger partial charge on any atom is -0.325 e. The number of carbonyl (C=O) groups is 1. The van der Waals surface area contributed by atoms with Crippen LogP contribution >= 0.6 is 0 Å². The van der Waals surface area contributed by atoms with Crippen LogP contribution in [0, 0.1) is 12.8 Å². The number of aryl methyl sites for hydroxylation is 1. The topological polar surface area (TPSA) is 66.5 Å². The summed E-state index contributed by atoms with van der Waals surface area (Å²) < 4.78 is 27.6. The zero-order valence-electron chi connectivity index (χ0n) is 18.2. The van der Waals surface area contributed by atoms with Gasteiger partial charge in [-0.2, -0.15) is 0 Å². The number of carbonyl (C=O) groups excluding carboxylic acids is 1. The third kappa shape index (κ3) is 5.09. The van der Waals surface area contributed by atoms with Crippen molar-refractivity contribution in [2.24, 2.45) is 5.92 Å². The lowest BCUT2D eigenvalue weighted by atomic mass is 9.98. The number of sulfonamides is 1. The minimum atomic E-state index is -3.50. The number of hydrogen-bond donors (Lipinski definition) is 1. The molecular weight excluding hydrogens is 420 g/mol. The van der Waals surface area contributed by atoms with Crippen LogP contribution < -0.4 is 5.32 Å². The van der Waals surface area contributed by atoms with Crippen molar-refractivity contribution in [3.63, 3.8) is 0 Å². The Labute approximate surface area is 190 Å². The molecule has 3 aromatic rings. The SMILES string of the molecule is Cc1ccccc1CS(=O)(=O)N1CCC[C@H](C(=O)Nc2ccccc2-c2ccccc2)C1. The third-order valence-corrected chi connectivity index (χ3v) is 7.81. The number of piperidine rings is 1. The number of hydrogen-bond acceptors (Lipinski definition) is 3. The summed E-state index contributed by atoms with van der Waals surface area (Å²) in [6, 6.07) is 25.1. The number of rotatable bonds is 6. The van der Waals surface area contributed by atoms with Crippen LogP contribution in [-0.2, 0) is 20.6 Å². The van der Waals surface area contributed by atoms with Crippen molar-refractivity contribution in [1.29, 1.82) is 0 Å². The van der Waals surface area contributed by atoms with Gasteiger partial charge >= 0.3 is 0 Å². The summed E-state index contributed by atoms with van der Waals surface area (Å²) in [4.78, 5) is 13.1. The molecule has 1 heterocycles. The van der Waals surface area contributed by atoms with Gasteiger partial charge in [-0.25, -0.2) is 12.7 Å². The highest BCUT2D eigenvalue weighted by molar-refractivity contribution is 7.88. The summed E-state index contributed by atoms with van der Waals surface area (Å²) in [5, 5.41) is 3.05. The van der Waals surface area contributed by atoms with E-state index in [4.69, 9.17) is 0 Å². The number of amides is 1. The van der Waals surface area contributed by atoms with Crippen LogP contribution in [0.2, 0.25) is 0 Å². The Kier molecular flexibility index (Phi) is 6.72. The summed E-state index contributed by atoms with van der Waals surface area (Å²) in [5.74, 6) is -0.548. The number of nitrogens with one attached hydrogen (secondary N) is 1. The number of nitrogens with zero attached hydrogens (tertiary/aromatic N) is 1. The van der Waals surface area contributed by atoms with Gasteiger partial charge in [0.25, 0.3) is 0 Å². The van der Waals surface area contributed by atoms with Gasteiger partial charge in [-0.1, -0.05) is 72.8 Å². The van der Waals surface area contributed by atoms with Gasteiger partial charge in [-0.05, 0) is 42.5 Å². The molecule has 5 nitrogen and oxygen atoms in total. The first-order valence-corrected chi connectivity index (χ1v) is 12.5. The van der Waals surface area contributed by atoms with E-state index in [2.05, 4.69) is 5.32 Å². The molecule has 1 atom stereocenters. The first kappa shape index (κ1) is 22.2.